The zero-order chi connectivity index (χ0) is 26.8. The van der Waals surface area contributed by atoms with Gasteiger partial charge in [-0.25, -0.2) is 0 Å². The first-order valence-electron chi connectivity index (χ1n) is 12.1. The lowest BCUT2D eigenvalue weighted by molar-refractivity contribution is -0.135. The van der Waals surface area contributed by atoms with Crippen LogP contribution in [0.1, 0.15) is 18.9 Å². The standard InChI is InChI=1S/C24H38N4O9/c1-21(29)26-20-22-2-4-23(5-3-22)37-24(30)6-8-31-10-12-33-14-16-35-18-19-36-17-15-34-13-11-32-9-7-27-28-25/h2-5H,6-20H2,1H3,(H,26,29). The Labute approximate surface area is 217 Å². The van der Waals surface area contributed by atoms with Crippen molar-refractivity contribution in [2.75, 3.05) is 85.8 Å². The summed E-state index contributed by atoms with van der Waals surface area (Å²) < 4.78 is 37.4. The summed E-state index contributed by atoms with van der Waals surface area (Å²) in [6, 6.07) is 6.95. The smallest absolute Gasteiger partial charge is 0.313 e. The fourth-order valence-electron chi connectivity index (χ4n) is 2.59. The van der Waals surface area contributed by atoms with E-state index in [2.05, 4.69) is 15.3 Å². The summed E-state index contributed by atoms with van der Waals surface area (Å²) in [6.07, 6.45) is 0.133. The summed E-state index contributed by atoms with van der Waals surface area (Å²) in [4.78, 5) is 25.4. The highest BCUT2D eigenvalue weighted by Gasteiger charge is 2.05. The van der Waals surface area contributed by atoms with E-state index in [9.17, 15) is 9.59 Å². The third-order valence-corrected chi connectivity index (χ3v) is 4.41. The van der Waals surface area contributed by atoms with Crippen molar-refractivity contribution >= 4 is 11.9 Å². The number of carbonyl (C=O) groups is 2. The average molecular weight is 527 g/mol. The molecule has 0 bridgehead atoms. The summed E-state index contributed by atoms with van der Waals surface area (Å²) in [7, 11) is 0. The number of esters is 1. The van der Waals surface area contributed by atoms with Crippen LogP contribution in [-0.2, 0) is 44.6 Å². The van der Waals surface area contributed by atoms with Crippen molar-refractivity contribution < 1.29 is 42.7 Å². The Kier molecular flexibility index (Phi) is 20.6. The van der Waals surface area contributed by atoms with Crippen molar-refractivity contribution in [3.8, 4) is 5.75 Å². The van der Waals surface area contributed by atoms with Gasteiger partial charge < -0.3 is 38.5 Å². The van der Waals surface area contributed by atoms with Gasteiger partial charge in [-0.1, -0.05) is 17.2 Å². The number of nitrogens with one attached hydrogen (secondary N) is 1. The first-order valence-corrected chi connectivity index (χ1v) is 12.1. The van der Waals surface area contributed by atoms with Crippen LogP contribution < -0.4 is 10.1 Å². The maximum absolute atomic E-state index is 11.9. The van der Waals surface area contributed by atoms with Gasteiger partial charge in [-0.2, -0.15) is 0 Å². The number of rotatable bonds is 24. The first kappa shape index (κ1) is 32.3. The van der Waals surface area contributed by atoms with Crippen LogP contribution in [-0.4, -0.2) is 97.7 Å². The zero-order valence-corrected chi connectivity index (χ0v) is 21.4. The van der Waals surface area contributed by atoms with Crippen LogP contribution in [0.5, 0.6) is 5.75 Å². The lowest BCUT2D eigenvalue weighted by Gasteiger charge is -2.08. The van der Waals surface area contributed by atoms with Gasteiger partial charge in [0.15, 0.2) is 0 Å². The average Bonchev–Trinajstić information content (AvgIpc) is 2.89. The van der Waals surface area contributed by atoms with E-state index >= 15 is 0 Å². The Balaban J connectivity index is 1.81. The van der Waals surface area contributed by atoms with Gasteiger partial charge in [-0.15, -0.1) is 0 Å². The quantitative estimate of drug-likeness (QED) is 0.0531. The Morgan fingerprint density at radius 1 is 0.757 bits per heavy atom. The molecule has 13 heteroatoms. The molecule has 1 aromatic rings. The maximum Gasteiger partial charge on any atom is 0.313 e. The lowest BCUT2D eigenvalue weighted by atomic mass is 10.2. The van der Waals surface area contributed by atoms with Gasteiger partial charge in [0.1, 0.15) is 5.75 Å². The van der Waals surface area contributed by atoms with E-state index in [1.165, 1.54) is 6.92 Å². The topological polar surface area (TPSA) is 160 Å². The number of nitrogens with zero attached hydrogens (tertiary/aromatic N) is 3. The van der Waals surface area contributed by atoms with Crippen LogP contribution in [0, 0.1) is 0 Å². The monoisotopic (exact) mass is 526 g/mol. The molecule has 208 valence electrons. The molecule has 0 saturated carbocycles. The van der Waals surface area contributed by atoms with Crippen LogP contribution in [0.4, 0.5) is 0 Å². The summed E-state index contributed by atoms with van der Waals surface area (Å²) >= 11 is 0. The highest BCUT2D eigenvalue weighted by molar-refractivity contribution is 5.73. The van der Waals surface area contributed by atoms with Gasteiger partial charge in [-0.3, -0.25) is 9.59 Å². The normalized spacial score (nSPS) is 10.6. The van der Waals surface area contributed by atoms with E-state index in [4.69, 9.17) is 38.7 Å². The third kappa shape index (κ3) is 21.1. The van der Waals surface area contributed by atoms with Crippen molar-refractivity contribution in [1.29, 1.82) is 0 Å². The van der Waals surface area contributed by atoms with Crippen molar-refractivity contribution in [1.82, 2.24) is 5.32 Å². The molecule has 1 aromatic carbocycles. The summed E-state index contributed by atoms with van der Waals surface area (Å²) in [5.41, 5.74) is 9.03. The van der Waals surface area contributed by atoms with Gasteiger partial charge in [0.25, 0.3) is 0 Å². The lowest BCUT2D eigenvalue weighted by Crippen LogP contribution is -2.18. The number of ether oxygens (including phenoxy) is 7. The first-order chi connectivity index (χ1) is 18.1. The Morgan fingerprint density at radius 2 is 1.22 bits per heavy atom. The van der Waals surface area contributed by atoms with E-state index in [0.717, 1.165) is 5.56 Å². The number of amides is 1. The molecular weight excluding hydrogens is 488 g/mol. The highest BCUT2D eigenvalue weighted by Crippen LogP contribution is 2.13. The Morgan fingerprint density at radius 3 is 1.68 bits per heavy atom. The van der Waals surface area contributed by atoms with Crippen LogP contribution in [0.2, 0.25) is 0 Å². The molecule has 0 heterocycles. The van der Waals surface area contributed by atoms with Crippen molar-refractivity contribution in [2.45, 2.75) is 19.9 Å². The fraction of sp³-hybridized carbons (Fsp3) is 0.667. The molecule has 0 aromatic heterocycles. The number of hydrogen-bond donors (Lipinski definition) is 1. The molecule has 0 spiro atoms. The Hall–Kier alpha value is -2.77. The molecule has 1 N–H and O–H groups in total. The number of hydrogen-bond acceptors (Lipinski definition) is 10. The van der Waals surface area contributed by atoms with Gasteiger partial charge >= 0.3 is 5.97 Å². The molecule has 1 amide bonds. The molecule has 0 aliphatic heterocycles. The Bertz CT molecular complexity index is 774. The van der Waals surface area contributed by atoms with Gasteiger partial charge in [0.05, 0.1) is 85.7 Å². The number of benzene rings is 1. The van der Waals surface area contributed by atoms with Crippen molar-refractivity contribution in [3.63, 3.8) is 0 Å². The predicted octanol–water partition coefficient (Wildman–Crippen LogP) is 2.03. The zero-order valence-electron chi connectivity index (χ0n) is 21.4. The molecule has 0 radical (unpaired) electrons. The summed E-state index contributed by atoms with van der Waals surface area (Å²) in [5.74, 6) is -0.0407. The van der Waals surface area contributed by atoms with Crippen LogP contribution in [0.25, 0.3) is 10.4 Å². The second-order valence-electron chi connectivity index (χ2n) is 7.41. The molecule has 1 rings (SSSR count). The van der Waals surface area contributed by atoms with Crippen molar-refractivity contribution in [3.05, 3.63) is 40.3 Å². The van der Waals surface area contributed by atoms with Gasteiger partial charge in [-0.05, 0) is 23.2 Å². The van der Waals surface area contributed by atoms with Gasteiger partial charge in [0, 0.05) is 24.9 Å². The van der Waals surface area contributed by atoms with E-state index < -0.39 is 0 Å². The fourth-order valence-corrected chi connectivity index (χ4v) is 2.59. The molecule has 37 heavy (non-hydrogen) atoms. The minimum Gasteiger partial charge on any atom is -0.426 e. The molecular formula is C24H38N4O9. The molecule has 0 aliphatic rings. The van der Waals surface area contributed by atoms with Crippen LogP contribution in [0.3, 0.4) is 0 Å². The molecule has 0 fully saturated rings. The third-order valence-electron chi connectivity index (χ3n) is 4.41. The summed E-state index contributed by atoms with van der Waals surface area (Å²) in [5, 5.41) is 6.06. The molecule has 0 atom stereocenters. The molecule has 0 unspecified atom stereocenters. The highest BCUT2D eigenvalue weighted by atomic mass is 16.6. The van der Waals surface area contributed by atoms with Gasteiger partial charge in [0.2, 0.25) is 5.91 Å². The number of azide groups is 1. The maximum atomic E-state index is 11.9. The minimum absolute atomic E-state index is 0.102. The van der Waals surface area contributed by atoms with E-state index in [-0.39, 0.29) is 24.9 Å². The van der Waals surface area contributed by atoms with Crippen LogP contribution in [0.15, 0.2) is 29.4 Å². The SMILES string of the molecule is CC(=O)NCc1ccc(OC(=O)CCOCCOCCOCCOCCOCCOCCN=[N+]=[N-])cc1. The van der Waals surface area contributed by atoms with Crippen LogP contribution >= 0.6 is 0 Å². The second kappa shape index (κ2) is 23.6. The molecule has 13 nitrogen and oxygen atoms in total. The van der Waals surface area contributed by atoms with E-state index in [1.54, 1.807) is 24.3 Å². The molecule has 0 aliphatic carbocycles. The van der Waals surface area contributed by atoms with Crippen molar-refractivity contribution in [2.24, 2.45) is 5.11 Å². The minimum atomic E-state index is -0.384. The predicted molar refractivity (Wildman–Crippen MR) is 133 cm³/mol. The molecule has 0 saturated heterocycles. The van der Waals surface area contributed by atoms with E-state index in [0.29, 0.717) is 91.5 Å². The second-order valence-corrected chi connectivity index (χ2v) is 7.41. The van der Waals surface area contributed by atoms with E-state index in [1.807, 2.05) is 0 Å². The largest absolute Gasteiger partial charge is 0.426 e. The summed E-state index contributed by atoms with van der Waals surface area (Å²) in [6.45, 7) is 7.24. The number of carbonyl (C=O) groups excluding carboxylic acids is 2.